The first-order valence-electron chi connectivity index (χ1n) is 9.57. The second-order valence-corrected chi connectivity index (χ2v) is 7.57. The lowest BCUT2D eigenvalue weighted by atomic mass is 10.1. The molecule has 0 aliphatic carbocycles. The fraction of sp³-hybridized carbons (Fsp3) is 0.550. The molecular formula is C20H27BrN2O5. The third-order valence-corrected chi connectivity index (χ3v) is 5.12. The van der Waals surface area contributed by atoms with E-state index in [1.54, 1.807) is 25.1 Å². The number of halogens is 1. The first kappa shape index (κ1) is 22.2. The smallest absolute Gasteiger partial charge is 0.308 e. The van der Waals surface area contributed by atoms with Crippen molar-refractivity contribution >= 4 is 33.7 Å². The predicted molar refractivity (Wildman–Crippen MR) is 108 cm³/mol. The summed E-state index contributed by atoms with van der Waals surface area (Å²) in [6.45, 7) is 6.98. The van der Waals surface area contributed by atoms with Gasteiger partial charge < -0.3 is 19.7 Å². The van der Waals surface area contributed by atoms with Crippen LogP contribution in [0.25, 0.3) is 0 Å². The van der Waals surface area contributed by atoms with E-state index < -0.39 is 12.0 Å². The molecule has 0 saturated carbocycles. The Morgan fingerprint density at radius 1 is 1.36 bits per heavy atom. The Balaban J connectivity index is 2.15. The highest BCUT2D eigenvalue weighted by Gasteiger charge is 2.36. The summed E-state index contributed by atoms with van der Waals surface area (Å²) >= 11 is 3.42. The van der Waals surface area contributed by atoms with E-state index in [-0.39, 0.29) is 24.3 Å². The Labute approximate surface area is 173 Å². The number of esters is 1. The number of nitrogens with zero attached hydrogens (tertiary/aromatic N) is 1. The summed E-state index contributed by atoms with van der Waals surface area (Å²) in [5.41, 5.74) is 0.422. The highest BCUT2D eigenvalue weighted by atomic mass is 79.9. The van der Waals surface area contributed by atoms with Gasteiger partial charge in [0.25, 0.3) is 5.91 Å². The van der Waals surface area contributed by atoms with Crippen molar-refractivity contribution in [2.24, 2.45) is 0 Å². The van der Waals surface area contributed by atoms with Crippen LogP contribution in [0.3, 0.4) is 0 Å². The van der Waals surface area contributed by atoms with Crippen molar-refractivity contribution in [2.75, 3.05) is 19.7 Å². The van der Waals surface area contributed by atoms with Crippen LogP contribution in [-0.2, 0) is 14.3 Å². The van der Waals surface area contributed by atoms with Gasteiger partial charge >= 0.3 is 5.97 Å². The second kappa shape index (κ2) is 10.5. The molecule has 0 bridgehead atoms. The zero-order chi connectivity index (χ0) is 20.7. The SMILES string of the molecule is CCCOc1ccc(C(=O)N2CCNC(=O)C2CC(=O)OC(C)CC)cc1Br. The minimum atomic E-state index is -0.882. The summed E-state index contributed by atoms with van der Waals surface area (Å²) in [5.74, 6) is -0.483. The molecule has 2 unspecified atom stereocenters. The number of hydrogen-bond acceptors (Lipinski definition) is 5. The Kier molecular flexibility index (Phi) is 8.29. The Morgan fingerprint density at radius 3 is 2.75 bits per heavy atom. The van der Waals surface area contributed by atoms with Gasteiger partial charge in [-0.15, -0.1) is 0 Å². The standard InChI is InChI=1S/C20H27BrN2O5/c1-4-10-27-17-7-6-14(11-15(17)21)20(26)23-9-8-22-19(25)16(23)12-18(24)28-13(3)5-2/h6-7,11,13,16H,4-5,8-10,12H2,1-3H3,(H,22,25). The molecule has 1 aliphatic rings. The molecule has 0 spiro atoms. The lowest BCUT2D eigenvalue weighted by molar-refractivity contribution is -0.151. The Hall–Kier alpha value is -2.09. The van der Waals surface area contributed by atoms with Crippen LogP contribution in [0.4, 0.5) is 0 Å². The first-order chi connectivity index (χ1) is 13.4. The van der Waals surface area contributed by atoms with Crippen molar-refractivity contribution in [3.05, 3.63) is 28.2 Å². The van der Waals surface area contributed by atoms with Crippen molar-refractivity contribution in [1.82, 2.24) is 10.2 Å². The number of ether oxygens (including phenoxy) is 2. The Morgan fingerprint density at radius 2 is 2.11 bits per heavy atom. The van der Waals surface area contributed by atoms with Crippen molar-refractivity contribution in [1.29, 1.82) is 0 Å². The van der Waals surface area contributed by atoms with Gasteiger partial charge in [0.2, 0.25) is 5.91 Å². The summed E-state index contributed by atoms with van der Waals surface area (Å²) in [6, 6.07) is 4.18. The van der Waals surface area contributed by atoms with E-state index in [0.717, 1.165) is 6.42 Å². The van der Waals surface area contributed by atoms with Gasteiger partial charge in [0, 0.05) is 18.7 Å². The largest absolute Gasteiger partial charge is 0.492 e. The zero-order valence-electron chi connectivity index (χ0n) is 16.5. The van der Waals surface area contributed by atoms with Gasteiger partial charge in [-0.3, -0.25) is 14.4 Å². The molecule has 1 aromatic rings. The zero-order valence-corrected chi connectivity index (χ0v) is 18.1. The minimum absolute atomic E-state index is 0.166. The van der Waals surface area contributed by atoms with Gasteiger partial charge in [0.1, 0.15) is 11.8 Å². The van der Waals surface area contributed by atoms with Crippen molar-refractivity contribution in [3.8, 4) is 5.75 Å². The maximum Gasteiger partial charge on any atom is 0.308 e. The summed E-state index contributed by atoms with van der Waals surface area (Å²) < 4.78 is 11.6. The first-order valence-corrected chi connectivity index (χ1v) is 10.4. The Bertz CT molecular complexity index is 725. The van der Waals surface area contributed by atoms with E-state index in [0.29, 0.717) is 41.9 Å². The normalized spacial score (nSPS) is 17.6. The number of benzene rings is 1. The molecule has 2 rings (SSSR count). The van der Waals surface area contributed by atoms with Crippen molar-refractivity contribution in [3.63, 3.8) is 0 Å². The second-order valence-electron chi connectivity index (χ2n) is 6.71. The highest BCUT2D eigenvalue weighted by molar-refractivity contribution is 9.10. The highest BCUT2D eigenvalue weighted by Crippen LogP contribution is 2.27. The maximum atomic E-state index is 13.0. The van der Waals surface area contributed by atoms with E-state index in [4.69, 9.17) is 9.47 Å². The number of carbonyl (C=O) groups excluding carboxylic acids is 3. The molecule has 2 atom stereocenters. The molecule has 1 aromatic carbocycles. The monoisotopic (exact) mass is 454 g/mol. The summed E-state index contributed by atoms with van der Waals surface area (Å²) in [4.78, 5) is 39.0. The summed E-state index contributed by atoms with van der Waals surface area (Å²) in [7, 11) is 0. The molecule has 2 amide bonds. The average molecular weight is 455 g/mol. The van der Waals surface area contributed by atoms with Crippen LogP contribution >= 0.6 is 15.9 Å². The van der Waals surface area contributed by atoms with E-state index in [2.05, 4.69) is 21.2 Å². The van der Waals surface area contributed by atoms with E-state index in [1.807, 2.05) is 13.8 Å². The van der Waals surface area contributed by atoms with Crippen LogP contribution in [0, 0.1) is 0 Å². The molecule has 1 fully saturated rings. The van der Waals surface area contributed by atoms with Gasteiger partial charge in [-0.1, -0.05) is 13.8 Å². The molecule has 1 heterocycles. The van der Waals surface area contributed by atoms with Gasteiger partial charge in [0.15, 0.2) is 0 Å². The third-order valence-electron chi connectivity index (χ3n) is 4.50. The van der Waals surface area contributed by atoms with Crippen LogP contribution in [0.1, 0.15) is 50.4 Å². The predicted octanol–water partition coefficient (Wildman–Crippen LogP) is 2.91. The number of rotatable bonds is 8. The fourth-order valence-corrected chi connectivity index (χ4v) is 3.30. The van der Waals surface area contributed by atoms with E-state index in [9.17, 15) is 14.4 Å². The van der Waals surface area contributed by atoms with Crippen LogP contribution in [0.5, 0.6) is 5.75 Å². The lowest BCUT2D eigenvalue weighted by Crippen LogP contribution is -2.57. The van der Waals surface area contributed by atoms with Gasteiger partial charge in [0.05, 0.1) is 23.6 Å². The number of amides is 2. The number of piperazine rings is 1. The molecular weight excluding hydrogens is 428 g/mol. The van der Waals surface area contributed by atoms with E-state index in [1.165, 1.54) is 4.90 Å². The van der Waals surface area contributed by atoms with Gasteiger partial charge in [-0.05, 0) is 53.9 Å². The summed E-state index contributed by atoms with van der Waals surface area (Å²) in [5, 5.41) is 2.71. The summed E-state index contributed by atoms with van der Waals surface area (Å²) in [6.07, 6.45) is 1.17. The van der Waals surface area contributed by atoms with E-state index >= 15 is 0 Å². The van der Waals surface area contributed by atoms with Gasteiger partial charge in [-0.25, -0.2) is 0 Å². The maximum absolute atomic E-state index is 13.0. The molecule has 8 heteroatoms. The van der Waals surface area contributed by atoms with Crippen molar-refractivity contribution in [2.45, 2.75) is 52.2 Å². The third kappa shape index (κ3) is 5.70. The molecule has 7 nitrogen and oxygen atoms in total. The van der Waals surface area contributed by atoms with Crippen LogP contribution < -0.4 is 10.1 Å². The lowest BCUT2D eigenvalue weighted by Gasteiger charge is -2.34. The average Bonchev–Trinajstić information content (AvgIpc) is 2.67. The van der Waals surface area contributed by atoms with Gasteiger partial charge in [-0.2, -0.15) is 0 Å². The van der Waals surface area contributed by atoms with Crippen LogP contribution in [0.15, 0.2) is 22.7 Å². The quantitative estimate of drug-likeness (QED) is 0.610. The molecule has 0 aromatic heterocycles. The number of hydrogen-bond donors (Lipinski definition) is 1. The van der Waals surface area contributed by atoms with Crippen molar-refractivity contribution < 1.29 is 23.9 Å². The number of nitrogens with one attached hydrogen (secondary N) is 1. The molecule has 1 aliphatic heterocycles. The molecule has 1 N–H and O–H groups in total. The molecule has 28 heavy (non-hydrogen) atoms. The fourth-order valence-electron chi connectivity index (χ4n) is 2.80. The van der Waals surface area contributed by atoms with Crippen LogP contribution in [-0.4, -0.2) is 54.5 Å². The number of carbonyl (C=O) groups is 3. The minimum Gasteiger partial charge on any atom is -0.492 e. The molecule has 0 radical (unpaired) electrons. The topological polar surface area (TPSA) is 84.9 Å². The van der Waals surface area contributed by atoms with Crippen LogP contribution in [0.2, 0.25) is 0 Å². The molecule has 154 valence electrons. The molecule has 1 saturated heterocycles.